The third-order valence-electron chi connectivity index (χ3n) is 3.51. The molecule has 20 heavy (non-hydrogen) atoms. The molecular weight excluding hydrogens is 260 g/mol. The van der Waals surface area contributed by atoms with E-state index in [9.17, 15) is 19.5 Å². The molecule has 1 rings (SSSR count). The van der Waals surface area contributed by atoms with Crippen LogP contribution < -0.4 is 5.73 Å². The molecule has 0 saturated heterocycles. The van der Waals surface area contributed by atoms with E-state index in [4.69, 9.17) is 5.73 Å². The van der Waals surface area contributed by atoms with E-state index in [0.717, 1.165) is 12.8 Å². The van der Waals surface area contributed by atoms with Gasteiger partial charge in [-0.15, -0.1) is 0 Å². The number of carbonyl (C=O) groups is 3. The smallest absolute Gasteiger partial charge is 0.307 e. The maximum Gasteiger partial charge on any atom is 0.307 e. The topological polar surface area (TPSA) is 101 Å². The quantitative estimate of drug-likeness (QED) is 0.673. The molecule has 0 aromatic carbocycles. The van der Waals surface area contributed by atoms with E-state index in [2.05, 4.69) is 0 Å². The highest BCUT2D eigenvalue weighted by Crippen LogP contribution is 2.27. The molecular formula is C14H22N2O4. The van der Waals surface area contributed by atoms with Gasteiger partial charge < -0.3 is 15.7 Å². The number of amides is 2. The summed E-state index contributed by atoms with van der Waals surface area (Å²) in [5.41, 5.74) is 5.16. The van der Waals surface area contributed by atoms with Crippen molar-refractivity contribution in [2.24, 2.45) is 17.6 Å². The molecule has 1 aliphatic rings. The Bertz CT molecular complexity index is 406. The van der Waals surface area contributed by atoms with Crippen LogP contribution >= 0.6 is 0 Å². The van der Waals surface area contributed by atoms with Gasteiger partial charge in [0, 0.05) is 6.54 Å². The van der Waals surface area contributed by atoms with E-state index in [-0.39, 0.29) is 12.5 Å². The van der Waals surface area contributed by atoms with Gasteiger partial charge in [-0.3, -0.25) is 14.4 Å². The molecule has 0 fully saturated rings. The lowest BCUT2D eigenvalue weighted by Gasteiger charge is -2.30. The Morgan fingerprint density at radius 1 is 1.25 bits per heavy atom. The lowest BCUT2D eigenvalue weighted by molar-refractivity contribution is -0.151. The molecule has 112 valence electrons. The number of aliphatic carboxylic acids is 1. The maximum absolute atomic E-state index is 12.5. The van der Waals surface area contributed by atoms with Crippen LogP contribution in [0.2, 0.25) is 0 Å². The summed E-state index contributed by atoms with van der Waals surface area (Å²) in [5, 5.41) is 9.20. The molecule has 0 heterocycles. The molecule has 6 heteroatoms. The molecule has 0 radical (unpaired) electrons. The normalized spacial score (nSPS) is 21.4. The van der Waals surface area contributed by atoms with Gasteiger partial charge in [-0.2, -0.15) is 0 Å². The number of carboxylic acids is 1. The van der Waals surface area contributed by atoms with Gasteiger partial charge in [0.2, 0.25) is 11.8 Å². The fraction of sp³-hybridized carbons (Fsp3) is 0.643. The Balaban J connectivity index is 2.82. The number of nitrogens with two attached hydrogens (primary N) is 1. The number of nitrogens with zero attached hydrogens (tertiary/aromatic N) is 1. The molecule has 0 aromatic heterocycles. The first-order valence-corrected chi connectivity index (χ1v) is 6.92. The van der Waals surface area contributed by atoms with E-state index in [1.807, 2.05) is 13.0 Å². The van der Waals surface area contributed by atoms with Crippen LogP contribution in [0.4, 0.5) is 0 Å². The number of rotatable bonds is 7. The van der Waals surface area contributed by atoms with Crippen LogP contribution in [-0.4, -0.2) is 40.9 Å². The number of unbranched alkanes of at least 4 members (excludes halogenated alkanes) is 1. The highest BCUT2D eigenvalue weighted by Gasteiger charge is 2.36. The summed E-state index contributed by atoms with van der Waals surface area (Å²) < 4.78 is 0. The van der Waals surface area contributed by atoms with Crippen LogP contribution in [0.15, 0.2) is 12.2 Å². The fourth-order valence-electron chi connectivity index (χ4n) is 2.40. The minimum absolute atomic E-state index is 0.147. The molecule has 0 spiro atoms. The minimum atomic E-state index is -0.970. The van der Waals surface area contributed by atoms with Crippen molar-refractivity contribution in [3.05, 3.63) is 12.2 Å². The van der Waals surface area contributed by atoms with E-state index in [1.54, 1.807) is 6.08 Å². The second kappa shape index (κ2) is 7.67. The number of hydrogen-bond acceptors (Lipinski definition) is 3. The highest BCUT2D eigenvalue weighted by atomic mass is 16.4. The molecule has 2 amide bonds. The van der Waals surface area contributed by atoms with Crippen molar-refractivity contribution in [1.82, 2.24) is 4.90 Å². The van der Waals surface area contributed by atoms with Crippen molar-refractivity contribution in [3.8, 4) is 0 Å². The van der Waals surface area contributed by atoms with Gasteiger partial charge in [-0.05, 0) is 19.3 Å². The van der Waals surface area contributed by atoms with E-state index < -0.39 is 23.7 Å². The summed E-state index contributed by atoms with van der Waals surface area (Å²) in [6, 6.07) is 0. The summed E-state index contributed by atoms with van der Waals surface area (Å²) in [5.74, 6) is -3.15. The lowest BCUT2D eigenvalue weighted by Crippen LogP contribution is -2.45. The first-order valence-electron chi connectivity index (χ1n) is 6.92. The van der Waals surface area contributed by atoms with Gasteiger partial charge in [0.15, 0.2) is 0 Å². The summed E-state index contributed by atoms with van der Waals surface area (Å²) in [4.78, 5) is 36.2. The van der Waals surface area contributed by atoms with Crippen LogP contribution in [0, 0.1) is 11.8 Å². The fourth-order valence-corrected chi connectivity index (χ4v) is 2.40. The Morgan fingerprint density at radius 2 is 1.85 bits per heavy atom. The highest BCUT2D eigenvalue weighted by molar-refractivity contribution is 5.88. The van der Waals surface area contributed by atoms with Gasteiger partial charge in [-0.1, -0.05) is 25.5 Å². The van der Waals surface area contributed by atoms with Crippen molar-refractivity contribution < 1.29 is 19.5 Å². The van der Waals surface area contributed by atoms with Crippen molar-refractivity contribution in [1.29, 1.82) is 0 Å². The molecule has 6 nitrogen and oxygen atoms in total. The van der Waals surface area contributed by atoms with Crippen molar-refractivity contribution >= 4 is 17.8 Å². The zero-order valence-corrected chi connectivity index (χ0v) is 11.7. The Morgan fingerprint density at radius 3 is 2.35 bits per heavy atom. The zero-order valence-electron chi connectivity index (χ0n) is 11.7. The van der Waals surface area contributed by atoms with Gasteiger partial charge in [0.05, 0.1) is 18.4 Å². The first-order chi connectivity index (χ1) is 9.47. The zero-order chi connectivity index (χ0) is 15.1. The number of carbonyl (C=O) groups excluding carboxylic acids is 2. The summed E-state index contributed by atoms with van der Waals surface area (Å²) in [6.07, 6.45) is 6.01. The molecule has 0 saturated carbocycles. The standard InChI is InChI=1S/C14H22N2O4/c1-2-3-8-16(9-12(15)17)13(18)10-6-4-5-7-11(10)14(19)20/h4-5,10-11H,2-3,6-9H2,1H3,(H2,15,17)(H,19,20)/t10-,11+/m1/s1. The minimum Gasteiger partial charge on any atom is -0.481 e. The average molecular weight is 282 g/mol. The Kier molecular flexibility index (Phi) is 6.21. The number of carboxylic acid groups (broad SMARTS) is 1. The van der Waals surface area contributed by atoms with Crippen molar-refractivity contribution in [2.45, 2.75) is 32.6 Å². The summed E-state index contributed by atoms with van der Waals surface area (Å²) in [7, 11) is 0. The van der Waals surface area contributed by atoms with Gasteiger partial charge in [0.1, 0.15) is 0 Å². The van der Waals surface area contributed by atoms with Gasteiger partial charge in [0.25, 0.3) is 0 Å². The van der Waals surface area contributed by atoms with Crippen LogP contribution in [-0.2, 0) is 14.4 Å². The first kappa shape index (κ1) is 16.2. The van der Waals surface area contributed by atoms with Crippen molar-refractivity contribution in [3.63, 3.8) is 0 Å². The summed E-state index contributed by atoms with van der Waals surface area (Å²) in [6.45, 7) is 2.27. The largest absolute Gasteiger partial charge is 0.481 e. The number of hydrogen-bond donors (Lipinski definition) is 2. The molecule has 0 aliphatic heterocycles. The predicted molar refractivity (Wildman–Crippen MR) is 73.7 cm³/mol. The van der Waals surface area contributed by atoms with Crippen LogP contribution in [0.3, 0.4) is 0 Å². The predicted octanol–water partition coefficient (Wildman–Crippen LogP) is 0.767. The maximum atomic E-state index is 12.5. The van der Waals surface area contributed by atoms with E-state index >= 15 is 0 Å². The molecule has 0 bridgehead atoms. The number of allylic oxidation sites excluding steroid dienone is 2. The third-order valence-corrected chi connectivity index (χ3v) is 3.51. The molecule has 2 atom stereocenters. The second-order valence-electron chi connectivity index (χ2n) is 5.07. The van der Waals surface area contributed by atoms with Crippen LogP contribution in [0.5, 0.6) is 0 Å². The number of primary amides is 1. The van der Waals surface area contributed by atoms with Crippen LogP contribution in [0.1, 0.15) is 32.6 Å². The third kappa shape index (κ3) is 4.36. The molecule has 1 aliphatic carbocycles. The molecule has 0 aromatic rings. The lowest BCUT2D eigenvalue weighted by atomic mass is 9.82. The van der Waals surface area contributed by atoms with Crippen LogP contribution in [0.25, 0.3) is 0 Å². The Labute approximate surface area is 118 Å². The second-order valence-corrected chi connectivity index (χ2v) is 5.07. The van der Waals surface area contributed by atoms with Gasteiger partial charge >= 0.3 is 5.97 Å². The monoisotopic (exact) mass is 282 g/mol. The Hall–Kier alpha value is -1.85. The molecule has 0 unspecified atom stereocenters. The van der Waals surface area contributed by atoms with E-state index in [1.165, 1.54) is 4.90 Å². The van der Waals surface area contributed by atoms with Crippen molar-refractivity contribution in [2.75, 3.05) is 13.1 Å². The average Bonchev–Trinajstić information content (AvgIpc) is 2.42. The SMILES string of the molecule is CCCCN(CC(N)=O)C(=O)[C@@H]1CC=CC[C@@H]1C(=O)O. The molecule has 3 N–H and O–H groups in total. The summed E-state index contributed by atoms with van der Waals surface area (Å²) >= 11 is 0. The van der Waals surface area contributed by atoms with Gasteiger partial charge in [-0.25, -0.2) is 0 Å². The van der Waals surface area contributed by atoms with E-state index in [0.29, 0.717) is 19.4 Å².